The molecule has 0 atom stereocenters. The van der Waals surface area contributed by atoms with E-state index >= 15 is 0 Å². The van der Waals surface area contributed by atoms with Crippen molar-refractivity contribution in [2.45, 2.75) is 0 Å². The molecule has 0 bridgehead atoms. The van der Waals surface area contributed by atoms with Gasteiger partial charge >= 0.3 is 15.6 Å². The molecule has 1 heterocycles. The smallest absolute Gasteiger partial charge is 0.377 e. The van der Waals surface area contributed by atoms with Crippen LogP contribution in [0.15, 0.2) is 0 Å². The van der Waals surface area contributed by atoms with Crippen LogP contribution in [0.25, 0.3) is 0 Å². The molecule has 0 aromatic carbocycles. The van der Waals surface area contributed by atoms with Gasteiger partial charge in [-0.25, -0.2) is 9.13 Å². The molecular weight excluding hydrogens is 214 g/mol. The Labute approximate surface area is 67.6 Å². The fourth-order valence-corrected chi connectivity index (χ4v) is 1.25. The van der Waals surface area contributed by atoms with Crippen molar-refractivity contribution in [3.63, 3.8) is 0 Å². The lowest BCUT2D eigenvalue weighted by atomic mass is 11.0. The first-order valence-electron chi connectivity index (χ1n) is 2.61. The van der Waals surface area contributed by atoms with Gasteiger partial charge in [0.05, 0.1) is 13.2 Å². The second kappa shape index (κ2) is 4.45. The first-order valence-corrected chi connectivity index (χ1v) is 5.67. The maximum Gasteiger partial charge on any atom is 0.478 e. The fraction of sp³-hybridized carbons (Fsp3) is 1.00. The zero-order chi connectivity index (χ0) is 9.83. The zero-order valence-electron chi connectivity index (χ0n) is 5.73. The molecule has 0 aromatic rings. The van der Waals surface area contributed by atoms with Crippen molar-refractivity contribution in [1.82, 2.24) is 0 Å². The minimum atomic E-state index is -5.05. The lowest BCUT2D eigenvalue weighted by molar-refractivity contribution is 0.225. The highest BCUT2D eigenvalue weighted by atomic mass is 31.3. The van der Waals surface area contributed by atoms with Gasteiger partial charge in [-0.1, -0.05) is 0 Å². The van der Waals surface area contributed by atoms with Gasteiger partial charge in [0.1, 0.15) is 0 Å². The number of rotatable bonds is 2. The van der Waals surface area contributed by atoms with Gasteiger partial charge in [-0.3, -0.25) is 0 Å². The summed E-state index contributed by atoms with van der Waals surface area (Å²) < 4.78 is 26.7. The zero-order valence-corrected chi connectivity index (χ0v) is 7.52. The Morgan fingerprint density at radius 1 is 1.00 bits per heavy atom. The van der Waals surface area contributed by atoms with Crippen LogP contribution in [0.5, 0.6) is 0 Å². The van der Waals surface area contributed by atoms with E-state index in [9.17, 15) is 9.13 Å². The molecule has 0 aromatic heterocycles. The van der Waals surface area contributed by atoms with E-state index in [2.05, 4.69) is 9.05 Å². The minimum absolute atomic E-state index is 1.00. The molecule has 1 aliphatic rings. The molecule has 1 rings (SSSR count). The van der Waals surface area contributed by atoms with Crippen LogP contribution in [0.1, 0.15) is 0 Å². The predicted molar refractivity (Wildman–Crippen MR) is 36.0 cm³/mol. The quantitative estimate of drug-likeness (QED) is 0.352. The largest absolute Gasteiger partial charge is 0.478 e. The van der Waals surface area contributed by atoms with E-state index in [0.717, 1.165) is 13.2 Å². The number of epoxide rings is 1. The summed E-state index contributed by atoms with van der Waals surface area (Å²) in [5, 5.41) is 0. The van der Waals surface area contributed by atoms with Crippen molar-refractivity contribution >= 4 is 15.6 Å². The van der Waals surface area contributed by atoms with Gasteiger partial charge in [0.25, 0.3) is 0 Å². The number of phosphoric acid groups is 2. The van der Waals surface area contributed by atoms with Gasteiger partial charge in [0.15, 0.2) is 0 Å². The third-order valence-electron chi connectivity index (χ3n) is 0.417. The molecule has 8 nitrogen and oxygen atoms in total. The van der Waals surface area contributed by atoms with E-state index in [4.69, 9.17) is 19.6 Å². The topological polar surface area (TPSA) is 137 Å². The minimum Gasteiger partial charge on any atom is -0.377 e. The Kier molecular flexibility index (Phi) is 4.54. The maximum absolute atomic E-state index is 9.63. The Morgan fingerprint density at radius 3 is 1.25 bits per heavy atom. The third kappa shape index (κ3) is 16.7. The number of ether oxygens (including phenoxy) is 1. The Bertz CT molecular complexity index is 186. The lowest BCUT2D eigenvalue weighted by Gasteiger charge is -2.03. The summed E-state index contributed by atoms with van der Waals surface area (Å²) in [7, 11) is -10.1. The van der Waals surface area contributed by atoms with Crippen LogP contribution >= 0.6 is 15.6 Å². The van der Waals surface area contributed by atoms with E-state index in [1.807, 2.05) is 0 Å². The van der Waals surface area contributed by atoms with Crippen molar-refractivity contribution in [1.29, 1.82) is 0 Å². The molecule has 0 unspecified atom stereocenters. The van der Waals surface area contributed by atoms with Crippen LogP contribution in [-0.2, 0) is 18.2 Å². The molecule has 0 radical (unpaired) electrons. The summed E-state index contributed by atoms with van der Waals surface area (Å²) in [6.07, 6.45) is 0. The first kappa shape index (κ1) is 12.2. The van der Waals surface area contributed by atoms with Crippen LogP contribution in [0.4, 0.5) is 0 Å². The van der Waals surface area contributed by atoms with Gasteiger partial charge in [-0.2, -0.15) is 4.31 Å². The van der Waals surface area contributed by atoms with E-state index in [0.29, 0.717) is 0 Å². The highest BCUT2D eigenvalue weighted by Crippen LogP contribution is 2.53. The summed E-state index contributed by atoms with van der Waals surface area (Å²) in [4.78, 5) is 31.0. The molecule has 1 fully saturated rings. The Morgan fingerprint density at radius 2 is 1.25 bits per heavy atom. The van der Waals surface area contributed by atoms with E-state index in [-0.39, 0.29) is 0 Å². The summed E-state index contributed by atoms with van der Waals surface area (Å²) >= 11 is 0. The van der Waals surface area contributed by atoms with Crippen molar-refractivity contribution in [3.05, 3.63) is 0 Å². The summed E-state index contributed by atoms with van der Waals surface area (Å²) in [5.41, 5.74) is 0. The van der Waals surface area contributed by atoms with E-state index in [1.165, 1.54) is 0 Å². The van der Waals surface area contributed by atoms with Crippen LogP contribution in [-0.4, -0.2) is 32.8 Å². The molecule has 10 heteroatoms. The van der Waals surface area contributed by atoms with Crippen molar-refractivity contribution in [3.8, 4) is 0 Å². The molecule has 12 heavy (non-hydrogen) atoms. The van der Waals surface area contributed by atoms with Crippen LogP contribution in [0.3, 0.4) is 0 Å². The van der Waals surface area contributed by atoms with Crippen LogP contribution in [0, 0.1) is 0 Å². The summed E-state index contributed by atoms with van der Waals surface area (Å²) in [5.74, 6) is 0. The SMILES string of the molecule is C1CO1.O=P(O)(O)OP(=O)(O)O. The van der Waals surface area contributed by atoms with Crippen LogP contribution in [0.2, 0.25) is 0 Å². The molecule has 74 valence electrons. The van der Waals surface area contributed by atoms with Gasteiger partial charge in [-0.15, -0.1) is 0 Å². The second-order valence-electron chi connectivity index (χ2n) is 1.68. The normalized spacial score (nSPS) is 16.3. The van der Waals surface area contributed by atoms with Gasteiger partial charge in [-0.05, 0) is 0 Å². The molecule has 4 N–H and O–H groups in total. The lowest BCUT2D eigenvalue weighted by Crippen LogP contribution is -1.84. The molecule has 0 saturated carbocycles. The monoisotopic (exact) mass is 222 g/mol. The van der Waals surface area contributed by atoms with Crippen molar-refractivity contribution in [2.24, 2.45) is 0 Å². The van der Waals surface area contributed by atoms with Crippen molar-refractivity contribution < 1.29 is 37.8 Å². The fourth-order valence-electron chi connectivity index (χ4n) is 0.139. The van der Waals surface area contributed by atoms with Crippen molar-refractivity contribution in [2.75, 3.05) is 13.2 Å². The highest BCUT2D eigenvalue weighted by Gasteiger charge is 2.27. The predicted octanol–water partition coefficient (Wildman–Crippen LogP) is -0.795. The number of hydrogen-bond acceptors (Lipinski definition) is 4. The molecule has 1 saturated heterocycles. The average Bonchev–Trinajstić information content (AvgIpc) is 2.28. The van der Waals surface area contributed by atoms with Gasteiger partial charge in [0, 0.05) is 0 Å². The average molecular weight is 222 g/mol. The Hall–Kier alpha value is 0.220. The maximum atomic E-state index is 9.63. The summed E-state index contributed by atoms with van der Waals surface area (Å²) in [6, 6.07) is 0. The molecular formula is C2H8O8P2. The standard InChI is InChI=1S/C2H4O.H4O7P2/c1-2-3-1;1-8(2,3)7-9(4,5)6/h1-2H2;(H2,1,2,3)(H2,4,5,6). The van der Waals surface area contributed by atoms with Gasteiger partial charge < -0.3 is 24.3 Å². The molecule has 0 spiro atoms. The number of hydrogen-bond donors (Lipinski definition) is 4. The highest BCUT2D eigenvalue weighted by molar-refractivity contribution is 7.60. The molecule has 0 amide bonds. The third-order valence-corrected chi connectivity index (χ3v) is 2.12. The van der Waals surface area contributed by atoms with E-state index < -0.39 is 15.6 Å². The molecule has 1 aliphatic heterocycles. The Balaban J connectivity index is 0.000000330. The second-order valence-corrected chi connectivity index (χ2v) is 4.29. The van der Waals surface area contributed by atoms with E-state index in [1.54, 1.807) is 0 Å². The van der Waals surface area contributed by atoms with Crippen LogP contribution < -0.4 is 0 Å². The molecule has 0 aliphatic carbocycles. The first-order chi connectivity index (χ1) is 5.21. The van der Waals surface area contributed by atoms with Gasteiger partial charge in [0.2, 0.25) is 0 Å². The summed E-state index contributed by atoms with van der Waals surface area (Å²) in [6.45, 7) is 2.00.